The van der Waals surface area contributed by atoms with Crippen LogP contribution in [0.1, 0.15) is 5.56 Å². The molecule has 0 bridgehead atoms. The van der Waals surface area contributed by atoms with Crippen LogP contribution < -0.4 is 10.5 Å². The van der Waals surface area contributed by atoms with Gasteiger partial charge in [-0.2, -0.15) is 0 Å². The second-order valence-electron chi connectivity index (χ2n) is 4.78. The average Bonchev–Trinajstić information content (AvgIpc) is 2.81. The molecule has 0 saturated carbocycles. The predicted molar refractivity (Wildman–Crippen MR) is 90.8 cm³/mol. The molecule has 1 saturated heterocycles. The molecule has 1 heterocycles. The van der Waals surface area contributed by atoms with Gasteiger partial charge in [-0.25, -0.2) is 0 Å². The van der Waals surface area contributed by atoms with Crippen molar-refractivity contribution in [3.63, 3.8) is 0 Å². The van der Waals surface area contributed by atoms with Crippen LogP contribution >= 0.6 is 23.4 Å². The molecule has 1 aromatic carbocycles. The SMILES string of the molecule is COC(=O)CN1C(=O)S/C(=C\c2cc(Cl)ccc2OCC(N)=O)C1=O. The number of esters is 1. The lowest BCUT2D eigenvalue weighted by molar-refractivity contribution is -0.143. The molecule has 1 aliphatic heterocycles. The first-order valence-corrected chi connectivity index (χ1v) is 8.04. The van der Waals surface area contributed by atoms with Crippen LogP contribution in [0.2, 0.25) is 5.02 Å². The summed E-state index contributed by atoms with van der Waals surface area (Å²) in [6, 6.07) is 4.56. The largest absolute Gasteiger partial charge is 0.483 e. The molecule has 8 nitrogen and oxygen atoms in total. The first-order valence-electron chi connectivity index (χ1n) is 6.84. The number of carbonyl (C=O) groups excluding carboxylic acids is 4. The molecule has 1 aromatic rings. The van der Waals surface area contributed by atoms with Gasteiger partial charge in [0, 0.05) is 10.6 Å². The Labute approximate surface area is 151 Å². The van der Waals surface area contributed by atoms with Gasteiger partial charge in [-0.15, -0.1) is 0 Å². The molecule has 0 unspecified atom stereocenters. The van der Waals surface area contributed by atoms with E-state index in [1.165, 1.54) is 24.3 Å². The maximum absolute atomic E-state index is 12.3. The molecule has 3 amide bonds. The Balaban J connectivity index is 2.29. The lowest BCUT2D eigenvalue weighted by Gasteiger charge is -2.10. The molecule has 0 aromatic heterocycles. The lowest BCUT2D eigenvalue weighted by atomic mass is 10.2. The molecule has 0 radical (unpaired) electrons. The molecular weight excluding hydrogens is 372 g/mol. The van der Waals surface area contributed by atoms with Crippen LogP contribution in [0.15, 0.2) is 23.1 Å². The minimum absolute atomic E-state index is 0.0834. The Morgan fingerprint density at radius 2 is 2.08 bits per heavy atom. The molecular formula is C15H13ClN2O6S. The number of imide groups is 1. The summed E-state index contributed by atoms with van der Waals surface area (Å²) in [5.74, 6) is -1.75. The van der Waals surface area contributed by atoms with Gasteiger partial charge in [0.2, 0.25) is 0 Å². The lowest BCUT2D eigenvalue weighted by Crippen LogP contribution is -2.34. The smallest absolute Gasteiger partial charge is 0.325 e. The van der Waals surface area contributed by atoms with E-state index in [-0.39, 0.29) is 17.3 Å². The van der Waals surface area contributed by atoms with E-state index in [1.807, 2.05) is 0 Å². The fourth-order valence-corrected chi connectivity index (χ4v) is 2.89. The zero-order valence-electron chi connectivity index (χ0n) is 13.0. The van der Waals surface area contributed by atoms with E-state index in [4.69, 9.17) is 22.1 Å². The quantitative estimate of drug-likeness (QED) is 0.582. The topological polar surface area (TPSA) is 116 Å². The number of carbonyl (C=O) groups is 4. The van der Waals surface area contributed by atoms with Crippen LogP contribution in [0.3, 0.4) is 0 Å². The first-order chi connectivity index (χ1) is 11.8. The summed E-state index contributed by atoms with van der Waals surface area (Å²) < 4.78 is 9.72. The summed E-state index contributed by atoms with van der Waals surface area (Å²) in [5.41, 5.74) is 5.43. The minimum Gasteiger partial charge on any atom is -0.483 e. The monoisotopic (exact) mass is 384 g/mol. The van der Waals surface area contributed by atoms with Gasteiger partial charge in [0.15, 0.2) is 6.61 Å². The van der Waals surface area contributed by atoms with Gasteiger partial charge in [0.1, 0.15) is 12.3 Å². The van der Waals surface area contributed by atoms with Gasteiger partial charge in [0.05, 0.1) is 12.0 Å². The third kappa shape index (κ3) is 4.74. The molecule has 25 heavy (non-hydrogen) atoms. The number of ether oxygens (including phenoxy) is 2. The zero-order valence-corrected chi connectivity index (χ0v) is 14.6. The average molecular weight is 385 g/mol. The van der Waals surface area contributed by atoms with Gasteiger partial charge in [0.25, 0.3) is 17.1 Å². The number of primary amides is 1. The summed E-state index contributed by atoms with van der Waals surface area (Å²) in [6.45, 7) is -0.828. The van der Waals surface area contributed by atoms with E-state index in [0.29, 0.717) is 22.3 Å². The second kappa shape index (κ2) is 8.04. The Morgan fingerprint density at radius 3 is 2.72 bits per heavy atom. The highest BCUT2D eigenvalue weighted by Crippen LogP contribution is 2.34. The van der Waals surface area contributed by atoms with Gasteiger partial charge < -0.3 is 15.2 Å². The zero-order chi connectivity index (χ0) is 18.6. The Bertz CT molecular complexity index is 779. The maximum Gasteiger partial charge on any atom is 0.325 e. The van der Waals surface area contributed by atoms with Crippen molar-refractivity contribution in [2.24, 2.45) is 5.73 Å². The van der Waals surface area contributed by atoms with Crippen molar-refractivity contribution in [1.82, 2.24) is 4.90 Å². The number of benzene rings is 1. The van der Waals surface area contributed by atoms with E-state index >= 15 is 0 Å². The molecule has 2 rings (SSSR count). The number of rotatable bonds is 6. The Morgan fingerprint density at radius 1 is 1.36 bits per heavy atom. The number of amides is 3. The van der Waals surface area contributed by atoms with E-state index < -0.39 is 29.6 Å². The fraction of sp³-hybridized carbons (Fsp3) is 0.200. The molecule has 0 atom stereocenters. The predicted octanol–water partition coefficient (Wildman–Crippen LogP) is 1.41. The highest BCUT2D eigenvalue weighted by atomic mass is 35.5. The van der Waals surface area contributed by atoms with Crippen LogP contribution in [0.5, 0.6) is 5.75 Å². The minimum atomic E-state index is -0.711. The second-order valence-corrected chi connectivity index (χ2v) is 6.21. The highest BCUT2D eigenvalue weighted by Gasteiger charge is 2.36. The van der Waals surface area contributed by atoms with E-state index in [1.54, 1.807) is 0 Å². The maximum atomic E-state index is 12.3. The molecule has 2 N–H and O–H groups in total. The summed E-state index contributed by atoms with van der Waals surface area (Å²) in [5, 5.41) is -0.227. The highest BCUT2D eigenvalue weighted by molar-refractivity contribution is 8.18. The van der Waals surface area contributed by atoms with Crippen LogP contribution in [-0.2, 0) is 19.1 Å². The first kappa shape index (κ1) is 18.8. The van der Waals surface area contributed by atoms with Crippen LogP contribution in [0, 0.1) is 0 Å². The molecule has 1 fully saturated rings. The summed E-state index contributed by atoms with van der Waals surface area (Å²) in [6.07, 6.45) is 1.39. The molecule has 0 spiro atoms. The number of thioether (sulfide) groups is 1. The standard InChI is InChI=1S/C15H13ClN2O6S/c1-23-13(20)6-18-14(21)11(25-15(18)22)5-8-4-9(16)2-3-10(8)24-7-12(17)19/h2-5H,6-7H2,1H3,(H2,17,19)/b11-5-. The van der Waals surface area contributed by atoms with Crippen LogP contribution in [-0.4, -0.2) is 48.2 Å². The van der Waals surface area contributed by atoms with Gasteiger partial charge >= 0.3 is 5.97 Å². The molecule has 10 heteroatoms. The number of nitrogens with two attached hydrogens (primary N) is 1. The number of hydrogen-bond donors (Lipinski definition) is 1. The summed E-state index contributed by atoms with van der Waals surface area (Å²) in [7, 11) is 1.16. The van der Waals surface area contributed by atoms with Crippen molar-refractivity contribution in [2.75, 3.05) is 20.3 Å². The van der Waals surface area contributed by atoms with Crippen LogP contribution in [0.4, 0.5) is 4.79 Å². The third-order valence-electron chi connectivity index (χ3n) is 3.02. The van der Waals surface area contributed by atoms with Gasteiger partial charge in [-0.1, -0.05) is 11.6 Å². The third-order valence-corrected chi connectivity index (χ3v) is 4.16. The normalized spacial score (nSPS) is 15.6. The summed E-state index contributed by atoms with van der Waals surface area (Å²) in [4.78, 5) is 47.2. The van der Waals surface area contributed by atoms with Crippen molar-refractivity contribution in [3.8, 4) is 5.75 Å². The van der Waals surface area contributed by atoms with Crippen molar-refractivity contribution in [1.29, 1.82) is 0 Å². The van der Waals surface area contributed by atoms with Crippen molar-refractivity contribution in [2.45, 2.75) is 0 Å². The van der Waals surface area contributed by atoms with Crippen molar-refractivity contribution in [3.05, 3.63) is 33.7 Å². The van der Waals surface area contributed by atoms with E-state index in [0.717, 1.165) is 12.0 Å². The van der Waals surface area contributed by atoms with Crippen LogP contribution in [0.25, 0.3) is 6.08 Å². The van der Waals surface area contributed by atoms with Crippen molar-refractivity contribution >= 4 is 52.5 Å². The summed E-state index contributed by atoms with van der Waals surface area (Å²) >= 11 is 6.61. The van der Waals surface area contributed by atoms with E-state index in [9.17, 15) is 19.2 Å². The molecule has 132 valence electrons. The van der Waals surface area contributed by atoms with Gasteiger partial charge in [-0.05, 0) is 36.0 Å². The Hall–Kier alpha value is -2.52. The fourth-order valence-electron chi connectivity index (χ4n) is 1.88. The van der Waals surface area contributed by atoms with Crippen molar-refractivity contribution < 1.29 is 28.7 Å². The molecule has 0 aliphatic carbocycles. The Kier molecular flexibility index (Phi) is 6.05. The van der Waals surface area contributed by atoms with E-state index in [2.05, 4.69) is 4.74 Å². The number of halogens is 1. The molecule has 1 aliphatic rings. The number of nitrogens with zero attached hydrogens (tertiary/aromatic N) is 1. The number of hydrogen-bond acceptors (Lipinski definition) is 7. The van der Waals surface area contributed by atoms with Gasteiger partial charge in [-0.3, -0.25) is 24.1 Å². The number of methoxy groups -OCH3 is 1.